The van der Waals surface area contributed by atoms with Crippen molar-refractivity contribution in [1.82, 2.24) is 0 Å². The molecule has 0 saturated carbocycles. The van der Waals surface area contributed by atoms with Crippen LogP contribution in [-0.4, -0.2) is 23.9 Å². The maximum atomic E-state index is 9.81. The third-order valence-electron chi connectivity index (χ3n) is 4.39. The van der Waals surface area contributed by atoms with E-state index in [4.69, 9.17) is 10.3 Å². The lowest BCUT2D eigenvalue weighted by molar-refractivity contribution is 0.110. The van der Waals surface area contributed by atoms with Gasteiger partial charge in [0.25, 0.3) is 0 Å². The SMILES string of the molecule is CCCCCCCCCCCCCCC[C@@H](O)[C@@H](N)COP. The first-order valence-corrected chi connectivity index (χ1v) is 9.94. The average molecular weight is 333 g/mol. The number of hydrogen-bond donors (Lipinski definition) is 2. The van der Waals surface area contributed by atoms with Crippen molar-refractivity contribution in [3.05, 3.63) is 0 Å². The second kappa shape index (κ2) is 17.7. The van der Waals surface area contributed by atoms with Crippen LogP contribution in [0.1, 0.15) is 96.8 Å². The highest BCUT2D eigenvalue weighted by Crippen LogP contribution is 2.13. The Hall–Kier alpha value is 0.310. The maximum absolute atomic E-state index is 9.81. The molecule has 4 heteroatoms. The zero-order chi connectivity index (χ0) is 16.5. The number of hydrogen-bond acceptors (Lipinski definition) is 3. The van der Waals surface area contributed by atoms with Gasteiger partial charge in [0.05, 0.1) is 18.8 Å². The van der Waals surface area contributed by atoms with Crippen LogP contribution in [-0.2, 0) is 4.52 Å². The minimum atomic E-state index is -0.423. The molecule has 0 rings (SSSR count). The van der Waals surface area contributed by atoms with Crippen molar-refractivity contribution in [3.8, 4) is 0 Å². The third-order valence-corrected chi connectivity index (χ3v) is 4.58. The monoisotopic (exact) mass is 333 g/mol. The van der Waals surface area contributed by atoms with E-state index in [2.05, 4.69) is 16.4 Å². The summed E-state index contributed by atoms with van der Waals surface area (Å²) in [6, 6.07) is -0.255. The first kappa shape index (κ1) is 22.3. The van der Waals surface area contributed by atoms with E-state index in [1.165, 1.54) is 77.0 Å². The molecule has 0 spiro atoms. The van der Waals surface area contributed by atoms with E-state index in [0.29, 0.717) is 6.61 Å². The molecular weight excluding hydrogens is 293 g/mol. The Morgan fingerprint density at radius 2 is 1.23 bits per heavy atom. The predicted molar refractivity (Wildman–Crippen MR) is 100.0 cm³/mol. The van der Waals surface area contributed by atoms with Crippen molar-refractivity contribution < 1.29 is 9.63 Å². The molecule has 1 unspecified atom stereocenters. The summed E-state index contributed by atoms with van der Waals surface area (Å²) < 4.78 is 4.88. The van der Waals surface area contributed by atoms with E-state index >= 15 is 0 Å². The van der Waals surface area contributed by atoms with Crippen LogP contribution in [0.25, 0.3) is 0 Å². The summed E-state index contributed by atoms with van der Waals surface area (Å²) in [6.07, 6.45) is 17.9. The first-order valence-electron chi connectivity index (χ1n) is 9.47. The van der Waals surface area contributed by atoms with Crippen molar-refractivity contribution in [2.45, 2.75) is 109 Å². The first-order chi connectivity index (χ1) is 10.7. The summed E-state index contributed by atoms with van der Waals surface area (Å²) in [5.74, 6) is 0. The van der Waals surface area contributed by atoms with Gasteiger partial charge in [-0.1, -0.05) is 90.4 Å². The van der Waals surface area contributed by atoms with Crippen LogP contribution in [0.4, 0.5) is 0 Å². The minimum absolute atomic E-state index is 0.255. The summed E-state index contributed by atoms with van der Waals surface area (Å²) >= 11 is 0. The van der Waals surface area contributed by atoms with Crippen molar-refractivity contribution in [1.29, 1.82) is 0 Å². The van der Waals surface area contributed by atoms with Crippen molar-refractivity contribution in [2.24, 2.45) is 5.73 Å². The van der Waals surface area contributed by atoms with Gasteiger partial charge < -0.3 is 15.4 Å². The lowest BCUT2D eigenvalue weighted by Gasteiger charge is -2.17. The van der Waals surface area contributed by atoms with Gasteiger partial charge >= 0.3 is 0 Å². The smallest absolute Gasteiger partial charge is 0.0713 e. The molecule has 134 valence electrons. The fourth-order valence-electron chi connectivity index (χ4n) is 2.81. The standard InChI is InChI=1S/C18H40NO2P/c1-2-3-4-5-6-7-8-9-10-11-12-13-14-15-18(20)17(19)16-21-22/h17-18,20H,2-16,19,22H2,1H3/t17-,18+/m0/s1. The van der Waals surface area contributed by atoms with Gasteiger partial charge in [-0.05, 0) is 6.42 Å². The summed E-state index contributed by atoms with van der Waals surface area (Å²) in [5.41, 5.74) is 5.79. The largest absolute Gasteiger partial charge is 0.391 e. The highest BCUT2D eigenvalue weighted by atomic mass is 31.0. The molecule has 3 nitrogen and oxygen atoms in total. The molecule has 0 aromatic carbocycles. The van der Waals surface area contributed by atoms with E-state index in [9.17, 15) is 5.11 Å². The van der Waals surface area contributed by atoms with Crippen molar-refractivity contribution in [3.63, 3.8) is 0 Å². The Morgan fingerprint density at radius 3 is 1.64 bits per heavy atom. The molecular formula is C18H40NO2P. The zero-order valence-corrected chi connectivity index (χ0v) is 15.9. The van der Waals surface area contributed by atoms with Gasteiger partial charge in [0.1, 0.15) is 0 Å². The summed E-state index contributed by atoms with van der Waals surface area (Å²) in [7, 11) is 2.18. The van der Waals surface area contributed by atoms with Gasteiger partial charge in [-0.3, -0.25) is 0 Å². The molecule has 0 heterocycles. The molecule has 0 radical (unpaired) electrons. The molecule has 3 N–H and O–H groups in total. The molecule has 0 aromatic rings. The van der Waals surface area contributed by atoms with E-state index in [-0.39, 0.29) is 6.04 Å². The Morgan fingerprint density at radius 1 is 0.818 bits per heavy atom. The Balaban J connectivity index is 3.14. The Labute approximate surface area is 141 Å². The molecule has 0 aliphatic rings. The van der Waals surface area contributed by atoms with Crippen LogP contribution >= 0.6 is 9.47 Å². The molecule has 0 aliphatic carbocycles. The molecule has 0 bridgehead atoms. The van der Waals surface area contributed by atoms with Gasteiger partial charge in [-0.25, -0.2) is 0 Å². The lowest BCUT2D eigenvalue weighted by atomic mass is 10.0. The average Bonchev–Trinajstić information content (AvgIpc) is 2.51. The van der Waals surface area contributed by atoms with E-state index < -0.39 is 6.10 Å². The summed E-state index contributed by atoms with van der Waals surface area (Å²) in [6.45, 7) is 2.68. The van der Waals surface area contributed by atoms with Gasteiger partial charge in [0, 0.05) is 9.47 Å². The van der Waals surface area contributed by atoms with Crippen LogP contribution in [0, 0.1) is 0 Å². The van der Waals surface area contributed by atoms with Crippen LogP contribution in [0.15, 0.2) is 0 Å². The van der Waals surface area contributed by atoms with Crippen LogP contribution in [0.5, 0.6) is 0 Å². The number of rotatable bonds is 17. The van der Waals surface area contributed by atoms with Crippen molar-refractivity contribution in [2.75, 3.05) is 6.61 Å². The predicted octanol–water partition coefficient (Wildman–Crippen LogP) is 4.96. The minimum Gasteiger partial charge on any atom is -0.391 e. The third kappa shape index (κ3) is 15.2. The van der Waals surface area contributed by atoms with Gasteiger partial charge in [0.2, 0.25) is 0 Å². The highest BCUT2D eigenvalue weighted by Gasteiger charge is 2.13. The summed E-state index contributed by atoms with van der Waals surface area (Å²) in [5, 5.41) is 9.81. The highest BCUT2D eigenvalue weighted by molar-refractivity contribution is 7.09. The lowest BCUT2D eigenvalue weighted by Crippen LogP contribution is -2.37. The molecule has 0 fully saturated rings. The Bertz CT molecular complexity index is 217. The quantitative estimate of drug-likeness (QED) is 0.292. The molecule has 22 heavy (non-hydrogen) atoms. The second-order valence-corrected chi connectivity index (χ2v) is 6.93. The van der Waals surface area contributed by atoms with Gasteiger partial charge in [0.15, 0.2) is 0 Å². The number of nitrogens with two attached hydrogens (primary N) is 1. The van der Waals surface area contributed by atoms with E-state index in [1.54, 1.807) is 0 Å². The number of aliphatic hydroxyl groups is 1. The molecule has 3 atom stereocenters. The zero-order valence-electron chi connectivity index (χ0n) is 14.8. The molecule has 0 amide bonds. The summed E-state index contributed by atoms with van der Waals surface area (Å²) in [4.78, 5) is 0. The van der Waals surface area contributed by atoms with Gasteiger partial charge in [-0.2, -0.15) is 0 Å². The maximum Gasteiger partial charge on any atom is 0.0713 e. The number of unbranched alkanes of at least 4 members (excludes halogenated alkanes) is 12. The topological polar surface area (TPSA) is 55.5 Å². The van der Waals surface area contributed by atoms with Crippen LogP contribution in [0.2, 0.25) is 0 Å². The van der Waals surface area contributed by atoms with E-state index in [0.717, 1.165) is 12.8 Å². The van der Waals surface area contributed by atoms with E-state index in [1.807, 2.05) is 0 Å². The second-order valence-electron chi connectivity index (χ2n) is 6.60. The molecule has 0 saturated heterocycles. The van der Waals surface area contributed by atoms with Crippen LogP contribution in [0.3, 0.4) is 0 Å². The molecule has 0 aromatic heterocycles. The molecule has 0 aliphatic heterocycles. The van der Waals surface area contributed by atoms with Crippen LogP contribution < -0.4 is 5.73 Å². The fourth-order valence-corrected chi connectivity index (χ4v) is 3.03. The normalized spacial score (nSPS) is 14.2. The van der Waals surface area contributed by atoms with Gasteiger partial charge in [-0.15, -0.1) is 0 Å². The Kier molecular flexibility index (Phi) is 17.9. The number of aliphatic hydroxyl groups excluding tert-OH is 1. The van der Waals surface area contributed by atoms with Crippen molar-refractivity contribution >= 4 is 9.47 Å². The fraction of sp³-hybridized carbons (Fsp3) is 1.00.